The first-order valence-corrected chi connectivity index (χ1v) is 6.55. The normalized spacial score (nSPS) is 12.5. The Labute approximate surface area is 118 Å². The average Bonchev–Trinajstić information content (AvgIpc) is 2.35. The zero-order valence-corrected chi connectivity index (χ0v) is 12.0. The lowest BCUT2D eigenvalue weighted by molar-refractivity contribution is 0.220. The van der Waals surface area contributed by atoms with Crippen LogP contribution in [0.1, 0.15) is 22.8 Å². The second kappa shape index (κ2) is 5.39. The van der Waals surface area contributed by atoms with Gasteiger partial charge < -0.3 is 5.11 Å². The molecule has 0 amide bonds. The summed E-state index contributed by atoms with van der Waals surface area (Å²) in [4.78, 5) is 0. The molecule has 94 valence electrons. The van der Waals surface area contributed by atoms with Crippen molar-refractivity contribution in [2.75, 3.05) is 0 Å². The van der Waals surface area contributed by atoms with Gasteiger partial charge in [0.1, 0.15) is 11.9 Å². The lowest BCUT2D eigenvalue weighted by atomic mass is 10.0. The molecule has 0 aliphatic carbocycles. The van der Waals surface area contributed by atoms with Crippen LogP contribution in [0.15, 0.2) is 40.9 Å². The number of aliphatic hydroxyl groups excluding tert-OH is 1. The Bertz CT molecular complexity index is 586. The molecule has 0 aliphatic heterocycles. The lowest BCUT2D eigenvalue weighted by Gasteiger charge is -2.14. The summed E-state index contributed by atoms with van der Waals surface area (Å²) in [5, 5.41) is 10.6. The summed E-state index contributed by atoms with van der Waals surface area (Å²) in [6.45, 7) is 1.95. The van der Waals surface area contributed by atoms with Gasteiger partial charge in [-0.2, -0.15) is 0 Å². The van der Waals surface area contributed by atoms with Gasteiger partial charge in [0.25, 0.3) is 0 Å². The number of aryl methyl sites for hydroxylation is 1. The van der Waals surface area contributed by atoms with Crippen molar-refractivity contribution in [2.24, 2.45) is 0 Å². The van der Waals surface area contributed by atoms with E-state index < -0.39 is 11.9 Å². The average molecular weight is 330 g/mol. The van der Waals surface area contributed by atoms with E-state index in [4.69, 9.17) is 11.6 Å². The first kappa shape index (κ1) is 13.5. The predicted octanol–water partition coefficient (Wildman–Crippen LogP) is 4.63. The maximum Gasteiger partial charge on any atom is 0.123 e. The van der Waals surface area contributed by atoms with Crippen LogP contribution in [-0.4, -0.2) is 5.11 Å². The van der Waals surface area contributed by atoms with E-state index in [-0.39, 0.29) is 0 Å². The highest BCUT2D eigenvalue weighted by Gasteiger charge is 2.15. The molecule has 1 N–H and O–H groups in total. The second-order valence-corrected chi connectivity index (χ2v) is 5.34. The number of aliphatic hydroxyl groups is 1. The van der Waals surface area contributed by atoms with Crippen LogP contribution in [0.3, 0.4) is 0 Å². The Morgan fingerprint density at radius 2 is 1.94 bits per heavy atom. The van der Waals surface area contributed by atoms with Crippen LogP contribution in [0.2, 0.25) is 5.02 Å². The third-order valence-electron chi connectivity index (χ3n) is 2.76. The topological polar surface area (TPSA) is 20.2 Å². The maximum atomic E-state index is 13.2. The Hall–Kier alpha value is -0.900. The number of hydrogen-bond donors (Lipinski definition) is 1. The van der Waals surface area contributed by atoms with E-state index in [0.29, 0.717) is 16.1 Å². The van der Waals surface area contributed by atoms with Gasteiger partial charge in [-0.25, -0.2) is 4.39 Å². The van der Waals surface area contributed by atoms with Crippen molar-refractivity contribution in [3.05, 3.63) is 68.4 Å². The molecule has 0 saturated carbocycles. The largest absolute Gasteiger partial charge is 0.384 e. The zero-order chi connectivity index (χ0) is 13.3. The molecule has 0 radical (unpaired) electrons. The van der Waals surface area contributed by atoms with Gasteiger partial charge in [0.05, 0.1) is 0 Å². The molecule has 4 heteroatoms. The van der Waals surface area contributed by atoms with Crippen LogP contribution in [0.25, 0.3) is 0 Å². The quantitative estimate of drug-likeness (QED) is 0.851. The molecule has 1 unspecified atom stereocenters. The minimum absolute atomic E-state index is 0.348. The molecule has 0 bridgehead atoms. The molecule has 18 heavy (non-hydrogen) atoms. The molecular formula is C14H11BrClFO. The maximum absolute atomic E-state index is 13.2. The van der Waals surface area contributed by atoms with Crippen molar-refractivity contribution in [1.82, 2.24) is 0 Å². The molecular weight excluding hydrogens is 319 g/mol. The van der Waals surface area contributed by atoms with Crippen LogP contribution in [0.5, 0.6) is 0 Å². The van der Waals surface area contributed by atoms with Crippen LogP contribution in [-0.2, 0) is 0 Å². The van der Waals surface area contributed by atoms with Crippen molar-refractivity contribution < 1.29 is 9.50 Å². The molecule has 0 heterocycles. The molecule has 0 aliphatic rings. The van der Waals surface area contributed by atoms with Gasteiger partial charge in [-0.05, 0) is 42.3 Å². The van der Waals surface area contributed by atoms with E-state index in [9.17, 15) is 9.50 Å². The number of halogens is 3. The van der Waals surface area contributed by atoms with Crippen molar-refractivity contribution in [1.29, 1.82) is 0 Å². The first-order chi connectivity index (χ1) is 8.49. The third-order valence-corrected chi connectivity index (χ3v) is 3.96. The first-order valence-electron chi connectivity index (χ1n) is 5.38. The van der Waals surface area contributed by atoms with Crippen molar-refractivity contribution in [3.63, 3.8) is 0 Å². The Kier molecular flexibility index (Phi) is 4.05. The number of rotatable bonds is 2. The molecule has 2 rings (SSSR count). The van der Waals surface area contributed by atoms with E-state index in [1.807, 2.05) is 13.0 Å². The van der Waals surface area contributed by atoms with E-state index in [2.05, 4.69) is 15.9 Å². The summed E-state index contributed by atoms with van der Waals surface area (Å²) in [6, 6.07) is 9.45. The van der Waals surface area contributed by atoms with Gasteiger partial charge in [-0.3, -0.25) is 0 Å². The van der Waals surface area contributed by atoms with Crippen LogP contribution < -0.4 is 0 Å². The number of hydrogen-bond acceptors (Lipinski definition) is 1. The third kappa shape index (κ3) is 2.74. The fourth-order valence-electron chi connectivity index (χ4n) is 1.68. The fourth-order valence-corrected chi connectivity index (χ4v) is 2.30. The minimum Gasteiger partial charge on any atom is -0.384 e. The lowest BCUT2D eigenvalue weighted by Crippen LogP contribution is -2.01. The molecule has 2 aromatic carbocycles. The highest BCUT2D eigenvalue weighted by Crippen LogP contribution is 2.30. The van der Waals surface area contributed by atoms with E-state index in [1.165, 1.54) is 18.2 Å². The molecule has 0 fully saturated rings. The summed E-state index contributed by atoms with van der Waals surface area (Å²) in [5.74, 6) is -0.417. The second-order valence-electron chi connectivity index (χ2n) is 4.08. The van der Waals surface area contributed by atoms with Crippen molar-refractivity contribution in [2.45, 2.75) is 13.0 Å². The van der Waals surface area contributed by atoms with E-state index in [1.54, 1.807) is 12.1 Å². The van der Waals surface area contributed by atoms with Crippen LogP contribution >= 0.6 is 27.5 Å². The van der Waals surface area contributed by atoms with Gasteiger partial charge >= 0.3 is 0 Å². The predicted molar refractivity (Wildman–Crippen MR) is 74.4 cm³/mol. The minimum atomic E-state index is -0.940. The Morgan fingerprint density at radius 3 is 2.61 bits per heavy atom. The summed E-state index contributed by atoms with van der Waals surface area (Å²) in [7, 11) is 0. The summed E-state index contributed by atoms with van der Waals surface area (Å²) >= 11 is 9.38. The SMILES string of the molecule is Cc1ccc(C(O)c2cc(F)ccc2Cl)cc1Br. The molecule has 1 nitrogen and oxygen atoms in total. The van der Waals surface area contributed by atoms with Gasteiger partial charge in [-0.1, -0.05) is 39.7 Å². The van der Waals surface area contributed by atoms with Gasteiger partial charge in [0.15, 0.2) is 0 Å². The van der Waals surface area contributed by atoms with Crippen LogP contribution in [0, 0.1) is 12.7 Å². The molecule has 2 aromatic rings. The van der Waals surface area contributed by atoms with E-state index in [0.717, 1.165) is 10.0 Å². The Morgan fingerprint density at radius 1 is 1.22 bits per heavy atom. The van der Waals surface area contributed by atoms with Gasteiger partial charge in [0, 0.05) is 15.1 Å². The van der Waals surface area contributed by atoms with Crippen molar-refractivity contribution >= 4 is 27.5 Å². The molecule has 0 saturated heterocycles. The van der Waals surface area contributed by atoms with Crippen LogP contribution in [0.4, 0.5) is 4.39 Å². The fraction of sp³-hybridized carbons (Fsp3) is 0.143. The Balaban J connectivity index is 2.44. The smallest absolute Gasteiger partial charge is 0.123 e. The van der Waals surface area contributed by atoms with E-state index >= 15 is 0 Å². The summed E-state index contributed by atoms with van der Waals surface area (Å²) < 4.78 is 14.1. The number of benzene rings is 2. The standard InChI is InChI=1S/C14H11BrClFO/c1-8-2-3-9(6-12(8)15)14(18)11-7-10(17)4-5-13(11)16/h2-7,14,18H,1H3. The highest BCUT2D eigenvalue weighted by molar-refractivity contribution is 9.10. The highest BCUT2D eigenvalue weighted by atomic mass is 79.9. The van der Waals surface area contributed by atoms with Gasteiger partial charge in [-0.15, -0.1) is 0 Å². The van der Waals surface area contributed by atoms with Gasteiger partial charge in [0.2, 0.25) is 0 Å². The zero-order valence-electron chi connectivity index (χ0n) is 9.62. The summed E-state index contributed by atoms with van der Waals surface area (Å²) in [5.41, 5.74) is 2.10. The van der Waals surface area contributed by atoms with Crippen molar-refractivity contribution in [3.8, 4) is 0 Å². The summed E-state index contributed by atoms with van der Waals surface area (Å²) in [6.07, 6.45) is -0.940. The molecule has 0 aromatic heterocycles. The molecule has 0 spiro atoms. The monoisotopic (exact) mass is 328 g/mol. The molecule has 1 atom stereocenters.